The van der Waals surface area contributed by atoms with Crippen molar-refractivity contribution in [3.8, 4) is 0 Å². The van der Waals surface area contributed by atoms with Crippen molar-refractivity contribution in [2.75, 3.05) is 6.61 Å². The van der Waals surface area contributed by atoms with Gasteiger partial charge in [-0.1, -0.05) is 18.2 Å². The summed E-state index contributed by atoms with van der Waals surface area (Å²) in [6.07, 6.45) is -0.0828. The highest BCUT2D eigenvalue weighted by molar-refractivity contribution is 5.80. The van der Waals surface area contributed by atoms with E-state index in [0.29, 0.717) is 5.56 Å². The molecule has 0 aliphatic rings. The van der Waals surface area contributed by atoms with Crippen LogP contribution in [0.4, 0.5) is 5.69 Å². The first-order valence-corrected chi connectivity index (χ1v) is 5.50. The van der Waals surface area contributed by atoms with Gasteiger partial charge in [0, 0.05) is 11.6 Å². The van der Waals surface area contributed by atoms with E-state index >= 15 is 0 Å². The van der Waals surface area contributed by atoms with Crippen molar-refractivity contribution in [3.05, 3.63) is 39.9 Å². The van der Waals surface area contributed by atoms with Gasteiger partial charge in [0.1, 0.15) is 0 Å². The summed E-state index contributed by atoms with van der Waals surface area (Å²) in [7, 11) is 0. The zero-order valence-corrected chi connectivity index (χ0v) is 10.3. The third kappa shape index (κ3) is 3.81. The van der Waals surface area contributed by atoms with Crippen molar-refractivity contribution in [1.82, 2.24) is 5.32 Å². The number of hydrogen-bond acceptors (Lipinski definition) is 4. The van der Waals surface area contributed by atoms with Crippen LogP contribution in [0.15, 0.2) is 24.3 Å². The average molecular weight is 252 g/mol. The van der Waals surface area contributed by atoms with E-state index in [-0.39, 0.29) is 24.6 Å². The van der Waals surface area contributed by atoms with E-state index in [0.717, 1.165) is 0 Å². The maximum absolute atomic E-state index is 11.7. The van der Waals surface area contributed by atoms with Gasteiger partial charge in [0.05, 0.1) is 23.5 Å². The fourth-order valence-corrected chi connectivity index (χ4v) is 1.47. The lowest BCUT2D eigenvalue weighted by atomic mass is 10.1. The summed E-state index contributed by atoms with van der Waals surface area (Å²) in [5.41, 5.74) is -0.455. The fraction of sp³-hybridized carbons (Fsp3) is 0.417. The number of aliphatic hydroxyl groups is 1. The van der Waals surface area contributed by atoms with Gasteiger partial charge in [-0.15, -0.1) is 0 Å². The zero-order valence-electron chi connectivity index (χ0n) is 10.3. The topological polar surface area (TPSA) is 92.5 Å². The normalized spacial score (nSPS) is 11.1. The van der Waals surface area contributed by atoms with Crippen molar-refractivity contribution in [1.29, 1.82) is 0 Å². The predicted octanol–water partition coefficient (Wildman–Crippen LogP) is 1.02. The van der Waals surface area contributed by atoms with Gasteiger partial charge in [-0.3, -0.25) is 14.9 Å². The van der Waals surface area contributed by atoms with Crippen molar-refractivity contribution < 1.29 is 14.8 Å². The SMILES string of the molecule is CC(C)(CO)NC(=O)Cc1ccccc1[N+](=O)[O-]. The number of nitrogens with one attached hydrogen (secondary N) is 1. The molecule has 6 heteroatoms. The van der Waals surface area contributed by atoms with E-state index in [2.05, 4.69) is 5.32 Å². The lowest BCUT2D eigenvalue weighted by Gasteiger charge is -2.23. The number of amides is 1. The van der Waals surface area contributed by atoms with Crippen molar-refractivity contribution in [3.63, 3.8) is 0 Å². The molecule has 1 rings (SSSR count). The van der Waals surface area contributed by atoms with Crippen LogP contribution in [0.25, 0.3) is 0 Å². The van der Waals surface area contributed by atoms with E-state index in [9.17, 15) is 14.9 Å². The number of rotatable bonds is 5. The molecule has 0 bridgehead atoms. The molecule has 0 unspecified atom stereocenters. The smallest absolute Gasteiger partial charge is 0.273 e. The van der Waals surface area contributed by atoms with Crippen LogP contribution in [-0.2, 0) is 11.2 Å². The summed E-state index contributed by atoms with van der Waals surface area (Å²) in [6.45, 7) is 3.14. The molecular formula is C12H16N2O4. The summed E-state index contributed by atoms with van der Waals surface area (Å²) >= 11 is 0. The third-order valence-electron chi connectivity index (χ3n) is 2.41. The molecule has 98 valence electrons. The first-order chi connectivity index (χ1) is 8.35. The molecule has 0 fully saturated rings. The van der Waals surface area contributed by atoms with Gasteiger partial charge in [0.15, 0.2) is 0 Å². The van der Waals surface area contributed by atoms with Crippen LogP contribution in [0.2, 0.25) is 0 Å². The van der Waals surface area contributed by atoms with E-state index in [1.807, 2.05) is 0 Å². The lowest BCUT2D eigenvalue weighted by Crippen LogP contribution is -2.46. The number of para-hydroxylation sites is 1. The molecule has 0 aliphatic carbocycles. The highest BCUT2D eigenvalue weighted by Gasteiger charge is 2.21. The standard InChI is InChI=1S/C12H16N2O4/c1-12(2,8-15)13-11(16)7-9-5-3-4-6-10(9)14(17)18/h3-6,15H,7-8H2,1-2H3,(H,13,16). The Kier molecular flexibility index (Phi) is 4.38. The predicted molar refractivity (Wildman–Crippen MR) is 66.1 cm³/mol. The maximum atomic E-state index is 11.7. The highest BCUT2D eigenvalue weighted by Crippen LogP contribution is 2.18. The molecule has 0 saturated carbocycles. The minimum Gasteiger partial charge on any atom is -0.394 e. The second kappa shape index (κ2) is 5.59. The Balaban J connectivity index is 2.80. The van der Waals surface area contributed by atoms with Crippen molar-refractivity contribution >= 4 is 11.6 Å². The largest absolute Gasteiger partial charge is 0.394 e. The Morgan fingerprint density at radius 3 is 2.61 bits per heavy atom. The summed E-state index contributed by atoms with van der Waals surface area (Å²) in [6, 6.07) is 6.10. The Morgan fingerprint density at radius 2 is 2.06 bits per heavy atom. The van der Waals surface area contributed by atoms with Crippen molar-refractivity contribution in [2.24, 2.45) is 0 Å². The molecule has 0 heterocycles. The van der Waals surface area contributed by atoms with E-state index in [1.165, 1.54) is 6.07 Å². The van der Waals surface area contributed by atoms with Crippen LogP contribution in [-0.4, -0.2) is 28.1 Å². The second-order valence-corrected chi connectivity index (χ2v) is 4.65. The molecule has 0 aliphatic heterocycles. The third-order valence-corrected chi connectivity index (χ3v) is 2.41. The van der Waals surface area contributed by atoms with Gasteiger partial charge in [-0.05, 0) is 13.8 Å². The molecule has 0 atom stereocenters. The number of carbonyl (C=O) groups excluding carboxylic acids is 1. The zero-order chi connectivity index (χ0) is 13.8. The van der Waals surface area contributed by atoms with Crippen LogP contribution in [0.1, 0.15) is 19.4 Å². The van der Waals surface area contributed by atoms with E-state index in [1.54, 1.807) is 32.0 Å². The average Bonchev–Trinajstić information content (AvgIpc) is 2.28. The van der Waals surface area contributed by atoms with Crippen LogP contribution < -0.4 is 5.32 Å². The lowest BCUT2D eigenvalue weighted by molar-refractivity contribution is -0.385. The van der Waals surface area contributed by atoms with Gasteiger partial charge in [-0.2, -0.15) is 0 Å². The minimum absolute atomic E-state index is 0.0746. The monoisotopic (exact) mass is 252 g/mol. The molecule has 1 aromatic carbocycles. The summed E-state index contributed by atoms with van der Waals surface area (Å²) < 4.78 is 0. The molecule has 2 N–H and O–H groups in total. The van der Waals surface area contributed by atoms with Gasteiger partial charge in [-0.25, -0.2) is 0 Å². The molecule has 0 spiro atoms. The van der Waals surface area contributed by atoms with Gasteiger partial charge in [0.2, 0.25) is 5.91 Å². The molecule has 6 nitrogen and oxygen atoms in total. The van der Waals surface area contributed by atoms with E-state index in [4.69, 9.17) is 5.11 Å². The van der Waals surface area contributed by atoms with Crippen LogP contribution >= 0.6 is 0 Å². The Bertz CT molecular complexity index is 457. The molecule has 0 radical (unpaired) electrons. The summed E-state index contributed by atoms with van der Waals surface area (Å²) in [5.74, 6) is -0.358. The fourth-order valence-electron chi connectivity index (χ4n) is 1.47. The van der Waals surface area contributed by atoms with Crippen LogP contribution in [0.3, 0.4) is 0 Å². The highest BCUT2D eigenvalue weighted by atomic mass is 16.6. The van der Waals surface area contributed by atoms with Crippen LogP contribution in [0.5, 0.6) is 0 Å². The molecule has 18 heavy (non-hydrogen) atoms. The number of nitro benzene ring substituents is 1. The number of benzene rings is 1. The summed E-state index contributed by atoms with van der Waals surface area (Å²) in [5, 5.41) is 22.4. The quantitative estimate of drug-likeness (QED) is 0.604. The molecule has 1 amide bonds. The molecule has 1 aromatic rings. The van der Waals surface area contributed by atoms with Gasteiger partial charge >= 0.3 is 0 Å². The van der Waals surface area contributed by atoms with Crippen LogP contribution in [0, 0.1) is 10.1 Å². The summed E-state index contributed by atoms with van der Waals surface area (Å²) in [4.78, 5) is 22.0. The Hall–Kier alpha value is -1.95. The molecule has 0 saturated heterocycles. The molecular weight excluding hydrogens is 236 g/mol. The second-order valence-electron chi connectivity index (χ2n) is 4.65. The Labute approximate surface area is 105 Å². The maximum Gasteiger partial charge on any atom is 0.273 e. The van der Waals surface area contributed by atoms with Gasteiger partial charge < -0.3 is 10.4 Å². The number of nitro groups is 1. The van der Waals surface area contributed by atoms with Crippen molar-refractivity contribution in [2.45, 2.75) is 25.8 Å². The first-order valence-electron chi connectivity index (χ1n) is 5.50. The van der Waals surface area contributed by atoms with Gasteiger partial charge in [0.25, 0.3) is 5.69 Å². The Morgan fingerprint density at radius 1 is 1.44 bits per heavy atom. The number of carbonyl (C=O) groups is 1. The van der Waals surface area contributed by atoms with E-state index < -0.39 is 10.5 Å². The number of hydrogen-bond donors (Lipinski definition) is 2. The first kappa shape index (κ1) is 14.1. The number of aliphatic hydroxyl groups excluding tert-OH is 1. The minimum atomic E-state index is -0.735. The number of nitrogens with zero attached hydrogens (tertiary/aromatic N) is 1. The molecule has 0 aromatic heterocycles.